The first-order valence-electron chi connectivity index (χ1n) is 8.94. The lowest BCUT2D eigenvalue weighted by Gasteiger charge is -2.24. The van der Waals surface area contributed by atoms with Crippen molar-refractivity contribution in [3.63, 3.8) is 0 Å². The van der Waals surface area contributed by atoms with Crippen LogP contribution < -0.4 is 9.64 Å². The third kappa shape index (κ3) is 3.39. The Bertz CT molecular complexity index is 826. The maximum atomic E-state index is 5.98. The molecule has 3 aromatic carbocycles. The minimum Gasteiger partial charge on any atom is -0.492 e. The summed E-state index contributed by atoms with van der Waals surface area (Å²) in [6.07, 6.45) is 1.13. The van der Waals surface area contributed by atoms with Crippen LogP contribution in [0.5, 0.6) is 5.75 Å². The molecular weight excluding hydrogens is 306 g/mol. The Morgan fingerprint density at radius 3 is 2.32 bits per heavy atom. The predicted octanol–water partition coefficient (Wildman–Crippen LogP) is 5.18. The maximum absolute atomic E-state index is 5.98. The Morgan fingerprint density at radius 1 is 0.840 bits per heavy atom. The zero-order valence-electron chi connectivity index (χ0n) is 14.6. The number of fused-ring (bicyclic) bond motifs is 1. The Hall–Kier alpha value is -2.74. The van der Waals surface area contributed by atoms with E-state index in [2.05, 4.69) is 84.6 Å². The van der Waals surface area contributed by atoms with E-state index in [1.807, 2.05) is 6.07 Å². The highest BCUT2D eigenvalue weighted by Crippen LogP contribution is 2.31. The fraction of sp³-hybridized carbons (Fsp3) is 0.217. The van der Waals surface area contributed by atoms with Crippen LogP contribution in [0.15, 0.2) is 78.9 Å². The lowest BCUT2D eigenvalue weighted by atomic mass is 10.1. The van der Waals surface area contributed by atoms with E-state index >= 15 is 0 Å². The molecule has 126 valence electrons. The summed E-state index contributed by atoms with van der Waals surface area (Å²) in [6.45, 7) is 3.90. The number of ether oxygens (including phenoxy) is 1. The minimum absolute atomic E-state index is 0.543. The summed E-state index contributed by atoms with van der Waals surface area (Å²) in [6, 6.07) is 28.0. The third-order valence-corrected chi connectivity index (χ3v) is 4.91. The van der Waals surface area contributed by atoms with Gasteiger partial charge in [-0.3, -0.25) is 0 Å². The number of hydrogen-bond acceptors (Lipinski definition) is 2. The average molecular weight is 329 g/mol. The van der Waals surface area contributed by atoms with Crippen molar-refractivity contribution >= 4 is 5.69 Å². The first-order valence-corrected chi connectivity index (χ1v) is 8.94. The van der Waals surface area contributed by atoms with Crippen molar-refractivity contribution in [3.8, 4) is 16.9 Å². The summed E-state index contributed by atoms with van der Waals surface area (Å²) in [5.41, 5.74) is 5.26. The highest BCUT2D eigenvalue weighted by molar-refractivity contribution is 5.64. The molecule has 0 fully saturated rings. The van der Waals surface area contributed by atoms with E-state index in [0.717, 1.165) is 18.7 Å². The lowest BCUT2D eigenvalue weighted by molar-refractivity contribution is 0.321. The number of benzene rings is 3. The van der Waals surface area contributed by atoms with Crippen LogP contribution in [0, 0.1) is 0 Å². The number of anilines is 1. The van der Waals surface area contributed by atoms with E-state index in [1.165, 1.54) is 22.4 Å². The number of hydrogen-bond donors (Lipinski definition) is 0. The summed E-state index contributed by atoms with van der Waals surface area (Å²) < 4.78 is 5.98. The second kappa shape index (κ2) is 7.02. The summed E-state index contributed by atoms with van der Waals surface area (Å²) in [5, 5.41) is 0. The van der Waals surface area contributed by atoms with Crippen molar-refractivity contribution in [1.29, 1.82) is 0 Å². The molecule has 0 spiro atoms. The Morgan fingerprint density at radius 2 is 1.52 bits per heavy atom. The lowest BCUT2D eigenvalue weighted by Crippen LogP contribution is -2.33. The first kappa shape index (κ1) is 15.8. The van der Waals surface area contributed by atoms with Gasteiger partial charge in [0.1, 0.15) is 12.4 Å². The van der Waals surface area contributed by atoms with Crippen LogP contribution >= 0.6 is 0 Å². The van der Waals surface area contributed by atoms with Crippen molar-refractivity contribution in [1.82, 2.24) is 0 Å². The molecule has 4 rings (SSSR count). The minimum atomic E-state index is 0.543. The van der Waals surface area contributed by atoms with Gasteiger partial charge >= 0.3 is 0 Å². The quantitative estimate of drug-likeness (QED) is 0.639. The van der Waals surface area contributed by atoms with Crippen LogP contribution in [-0.4, -0.2) is 19.2 Å². The number of para-hydroxylation sites is 1. The molecule has 0 saturated heterocycles. The van der Waals surface area contributed by atoms with E-state index in [-0.39, 0.29) is 0 Å². The largest absolute Gasteiger partial charge is 0.492 e. The maximum Gasteiger partial charge on any atom is 0.119 e. The summed E-state index contributed by atoms with van der Waals surface area (Å²) in [5.74, 6) is 0.930. The Kier molecular flexibility index (Phi) is 4.43. The van der Waals surface area contributed by atoms with Crippen molar-refractivity contribution in [2.24, 2.45) is 0 Å². The molecule has 0 N–H and O–H groups in total. The molecule has 1 atom stereocenters. The second-order valence-electron chi connectivity index (χ2n) is 6.61. The van der Waals surface area contributed by atoms with E-state index < -0.39 is 0 Å². The molecule has 1 unspecified atom stereocenters. The van der Waals surface area contributed by atoms with Gasteiger partial charge in [0.25, 0.3) is 0 Å². The molecule has 0 amide bonds. The number of nitrogens with zero attached hydrogens (tertiary/aromatic N) is 1. The monoisotopic (exact) mass is 329 g/mol. The molecule has 0 bridgehead atoms. The molecule has 1 heterocycles. The van der Waals surface area contributed by atoms with Crippen LogP contribution in [-0.2, 0) is 6.42 Å². The zero-order valence-corrected chi connectivity index (χ0v) is 14.6. The Labute approximate surface area is 149 Å². The standard InChI is InChI=1S/C23H23NO/c1-18-17-21-9-5-6-10-23(21)24(18)15-16-25-22-13-11-20(12-14-22)19-7-3-2-4-8-19/h2-14,18H,15-17H2,1H3. The fourth-order valence-corrected chi connectivity index (χ4v) is 3.61. The van der Waals surface area contributed by atoms with Gasteiger partial charge in [-0.2, -0.15) is 0 Å². The van der Waals surface area contributed by atoms with Crippen molar-refractivity contribution in [2.45, 2.75) is 19.4 Å². The highest BCUT2D eigenvalue weighted by atomic mass is 16.5. The van der Waals surface area contributed by atoms with Gasteiger partial charge in [-0.1, -0.05) is 60.7 Å². The zero-order chi connectivity index (χ0) is 17.1. The fourth-order valence-electron chi connectivity index (χ4n) is 3.61. The van der Waals surface area contributed by atoms with E-state index in [9.17, 15) is 0 Å². The van der Waals surface area contributed by atoms with Gasteiger partial charge in [0, 0.05) is 11.7 Å². The first-order chi connectivity index (χ1) is 12.3. The summed E-state index contributed by atoms with van der Waals surface area (Å²) in [7, 11) is 0. The van der Waals surface area contributed by atoms with Crippen LogP contribution in [0.3, 0.4) is 0 Å². The molecule has 0 radical (unpaired) electrons. The van der Waals surface area contributed by atoms with Gasteiger partial charge in [0.05, 0.1) is 6.54 Å². The van der Waals surface area contributed by atoms with E-state index in [0.29, 0.717) is 12.6 Å². The molecule has 1 aliphatic rings. The van der Waals surface area contributed by atoms with Crippen LogP contribution in [0.1, 0.15) is 12.5 Å². The van der Waals surface area contributed by atoms with Gasteiger partial charge in [-0.15, -0.1) is 0 Å². The molecule has 2 nitrogen and oxygen atoms in total. The van der Waals surface area contributed by atoms with Gasteiger partial charge in [-0.25, -0.2) is 0 Å². The molecule has 3 aromatic rings. The van der Waals surface area contributed by atoms with Gasteiger partial charge in [-0.05, 0) is 48.2 Å². The van der Waals surface area contributed by atoms with Gasteiger partial charge in [0.2, 0.25) is 0 Å². The second-order valence-corrected chi connectivity index (χ2v) is 6.61. The Balaban J connectivity index is 1.36. The van der Waals surface area contributed by atoms with Crippen LogP contribution in [0.4, 0.5) is 5.69 Å². The third-order valence-electron chi connectivity index (χ3n) is 4.91. The van der Waals surface area contributed by atoms with Gasteiger partial charge < -0.3 is 9.64 Å². The van der Waals surface area contributed by atoms with Crippen molar-refractivity contribution < 1.29 is 4.74 Å². The average Bonchev–Trinajstić information content (AvgIpc) is 2.99. The normalized spacial score (nSPS) is 15.9. The van der Waals surface area contributed by atoms with E-state index in [1.54, 1.807) is 0 Å². The van der Waals surface area contributed by atoms with Crippen molar-refractivity contribution in [2.75, 3.05) is 18.1 Å². The summed E-state index contributed by atoms with van der Waals surface area (Å²) in [4.78, 5) is 2.45. The van der Waals surface area contributed by atoms with E-state index in [4.69, 9.17) is 4.74 Å². The molecule has 0 saturated carbocycles. The molecule has 2 heteroatoms. The smallest absolute Gasteiger partial charge is 0.119 e. The SMILES string of the molecule is CC1Cc2ccccc2N1CCOc1ccc(-c2ccccc2)cc1. The summed E-state index contributed by atoms with van der Waals surface area (Å²) >= 11 is 0. The molecular formula is C23H23NO. The predicted molar refractivity (Wildman–Crippen MR) is 104 cm³/mol. The van der Waals surface area contributed by atoms with Crippen LogP contribution in [0.25, 0.3) is 11.1 Å². The van der Waals surface area contributed by atoms with Crippen molar-refractivity contribution in [3.05, 3.63) is 84.4 Å². The highest BCUT2D eigenvalue weighted by Gasteiger charge is 2.24. The molecule has 0 aromatic heterocycles. The number of rotatable bonds is 5. The van der Waals surface area contributed by atoms with Crippen LogP contribution in [0.2, 0.25) is 0 Å². The molecule has 25 heavy (non-hydrogen) atoms. The molecule has 0 aliphatic carbocycles. The van der Waals surface area contributed by atoms with Gasteiger partial charge in [0.15, 0.2) is 0 Å². The topological polar surface area (TPSA) is 12.5 Å². The molecule has 1 aliphatic heterocycles.